The maximum Gasteiger partial charge on any atom is 0.325 e. The number of carbonyl (C=O) groups excluding carboxylic acids is 3. The summed E-state index contributed by atoms with van der Waals surface area (Å²) in [6, 6.07) is 5.77. The molecule has 2 atom stereocenters. The molecular weight excluding hydrogens is 450 g/mol. The van der Waals surface area contributed by atoms with Gasteiger partial charge in [-0.05, 0) is 54.3 Å². The first kappa shape index (κ1) is 21.5. The highest BCUT2D eigenvalue weighted by molar-refractivity contribution is 7.91. The van der Waals surface area contributed by atoms with Crippen molar-refractivity contribution in [3.8, 4) is 5.69 Å². The zero-order valence-corrected chi connectivity index (χ0v) is 18.7. The number of hydrogen-bond donors (Lipinski definition) is 1. The molecule has 2 aromatic rings. The van der Waals surface area contributed by atoms with Crippen molar-refractivity contribution in [1.29, 1.82) is 0 Å². The molecular formula is C20H23N7O5S. The number of sulfone groups is 1. The van der Waals surface area contributed by atoms with E-state index in [0.717, 1.165) is 17.7 Å². The fourth-order valence-corrected chi connectivity index (χ4v) is 6.26. The predicted molar refractivity (Wildman–Crippen MR) is 114 cm³/mol. The summed E-state index contributed by atoms with van der Waals surface area (Å²) in [5.74, 6) is -0.983. The van der Waals surface area contributed by atoms with Crippen LogP contribution < -0.4 is 5.32 Å². The van der Waals surface area contributed by atoms with Crippen LogP contribution in [-0.4, -0.2) is 86.4 Å². The minimum absolute atomic E-state index is 0.0316. The topological polar surface area (TPSA) is 147 Å². The second-order valence-corrected chi connectivity index (χ2v) is 11.1. The number of nitrogens with one attached hydrogen (secondary N) is 1. The number of aromatic nitrogens is 4. The van der Waals surface area contributed by atoms with E-state index in [-0.39, 0.29) is 17.5 Å². The Bertz CT molecular complexity index is 1230. The highest BCUT2D eigenvalue weighted by atomic mass is 32.2. The summed E-state index contributed by atoms with van der Waals surface area (Å²) < 4.78 is 25.3. The summed E-state index contributed by atoms with van der Waals surface area (Å²) in [5, 5.41) is 13.7. The van der Waals surface area contributed by atoms with Crippen LogP contribution in [0.3, 0.4) is 0 Å². The number of benzene rings is 1. The fourth-order valence-electron chi connectivity index (χ4n) is 4.55. The van der Waals surface area contributed by atoms with Crippen LogP contribution in [0.5, 0.6) is 0 Å². The van der Waals surface area contributed by atoms with Gasteiger partial charge in [0, 0.05) is 12.1 Å². The number of imide groups is 1. The van der Waals surface area contributed by atoms with E-state index in [1.54, 1.807) is 36.1 Å². The van der Waals surface area contributed by atoms with Gasteiger partial charge in [-0.1, -0.05) is 12.1 Å². The summed E-state index contributed by atoms with van der Waals surface area (Å²) in [4.78, 5) is 41.7. The summed E-state index contributed by atoms with van der Waals surface area (Å²) >= 11 is 0. The number of nitrogens with zero attached hydrogens (tertiary/aromatic N) is 6. The summed E-state index contributed by atoms with van der Waals surface area (Å²) in [7, 11) is -3.18. The zero-order valence-electron chi connectivity index (χ0n) is 17.9. The third-order valence-electron chi connectivity index (χ3n) is 6.44. The molecule has 1 aromatic heterocycles. The van der Waals surface area contributed by atoms with E-state index in [9.17, 15) is 22.8 Å². The van der Waals surface area contributed by atoms with Crippen molar-refractivity contribution < 1.29 is 22.8 Å². The lowest BCUT2D eigenvalue weighted by atomic mass is 9.91. The van der Waals surface area contributed by atoms with E-state index in [1.165, 1.54) is 11.0 Å². The van der Waals surface area contributed by atoms with E-state index < -0.39 is 45.8 Å². The highest BCUT2D eigenvalue weighted by Crippen LogP contribution is 2.34. The Labute approximate surface area is 189 Å². The second kappa shape index (κ2) is 7.61. The molecule has 33 heavy (non-hydrogen) atoms. The molecule has 3 fully saturated rings. The Morgan fingerprint density at radius 1 is 1.24 bits per heavy atom. The van der Waals surface area contributed by atoms with Crippen molar-refractivity contribution in [1.82, 2.24) is 35.3 Å². The maximum absolute atomic E-state index is 13.3. The monoisotopic (exact) mass is 473 g/mol. The van der Waals surface area contributed by atoms with Crippen molar-refractivity contribution in [2.45, 2.75) is 43.8 Å². The van der Waals surface area contributed by atoms with Crippen LogP contribution in [0, 0.1) is 0 Å². The van der Waals surface area contributed by atoms with E-state index in [2.05, 4.69) is 20.8 Å². The Kier molecular flexibility index (Phi) is 4.96. The first-order valence-electron chi connectivity index (χ1n) is 10.7. The van der Waals surface area contributed by atoms with Crippen molar-refractivity contribution in [2.24, 2.45) is 0 Å². The fraction of sp³-hybridized carbons (Fsp3) is 0.500. The van der Waals surface area contributed by atoms with E-state index >= 15 is 0 Å². The standard InChI is InChI=1S/C20H23N7O5S/c1-20(13-3-2-4-15(9-13)26-12-21-23-24-26)18(29)25(19(30)22-20)10-17(28)27(14-5-6-14)16-7-8-33(31,32)11-16/h2-4,9,12,14,16H,5-8,10-11H2,1H3,(H,22,30). The first-order valence-corrected chi connectivity index (χ1v) is 12.5. The largest absolute Gasteiger partial charge is 0.334 e. The molecule has 1 aliphatic carbocycles. The molecule has 2 aliphatic heterocycles. The number of rotatable bonds is 6. The third kappa shape index (κ3) is 3.86. The van der Waals surface area contributed by atoms with Gasteiger partial charge in [0.25, 0.3) is 5.91 Å². The van der Waals surface area contributed by atoms with E-state index in [1.807, 2.05) is 0 Å². The number of tetrazole rings is 1. The molecule has 1 N–H and O–H groups in total. The van der Waals surface area contributed by atoms with Crippen molar-refractivity contribution in [3.63, 3.8) is 0 Å². The number of carbonyl (C=O) groups is 3. The lowest BCUT2D eigenvalue weighted by Crippen LogP contribution is -2.49. The summed E-state index contributed by atoms with van der Waals surface area (Å²) in [5.41, 5.74) is -0.245. The van der Waals surface area contributed by atoms with Gasteiger partial charge in [-0.3, -0.25) is 14.5 Å². The van der Waals surface area contributed by atoms with Crippen LogP contribution in [0.15, 0.2) is 30.6 Å². The maximum atomic E-state index is 13.3. The third-order valence-corrected chi connectivity index (χ3v) is 8.19. The minimum atomic E-state index is -3.18. The average molecular weight is 474 g/mol. The molecule has 2 saturated heterocycles. The van der Waals surface area contributed by atoms with Gasteiger partial charge < -0.3 is 10.2 Å². The SMILES string of the molecule is CC1(c2cccc(-n3cnnn3)c2)NC(=O)N(CC(=O)N(C2CC2)C2CCS(=O)(=O)C2)C1=O. The molecule has 2 unspecified atom stereocenters. The van der Waals surface area contributed by atoms with Gasteiger partial charge in [-0.15, -0.1) is 5.10 Å². The molecule has 0 spiro atoms. The molecule has 3 aliphatic rings. The summed E-state index contributed by atoms with van der Waals surface area (Å²) in [6.07, 6.45) is 3.39. The Balaban J connectivity index is 1.36. The quantitative estimate of drug-likeness (QED) is 0.558. The van der Waals surface area contributed by atoms with Crippen LogP contribution in [0.2, 0.25) is 0 Å². The molecule has 1 saturated carbocycles. The first-order chi connectivity index (χ1) is 15.7. The average Bonchev–Trinajstić information content (AvgIpc) is 3.23. The van der Waals surface area contributed by atoms with E-state index in [4.69, 9.17) is 0 Å². The van der Waals surface area contributed by atoms with Crippen molar-refractivity contribution in [3.05, 3.63) is 36.2 Å². The van der Waals surface area contributed by atoms with Gasteiger partial charge in [0.05, 0.1) is 17.2 Å². The highest BCUT2D eigenvalue weighted by Gasteiger charge is 2.51. The van der Waals surface area contributed by atoms with Crippen LogP contribution in [0.25, 0.3) is 5.69 Å². The molecule has 1 aromatic carbocycles. The van der Waals surface area contributed by atoms with Crippen LogP contribution in [0.4, 0.5) is 4.79 Å². The number of urea groups is 1. The second-order valence-electron chi connectivity index (χ2n) is 8.84. The normalized spacial score (nSPS) is 26.5. The number of amides is 4. The molecule has 5 rings (SSSR count). The van der Waals surface area contributed by atoms with Crippen LogP contribution in [0.1, 0.15) is 31.7 Å². The minimum Gasteiger partial charge on any atom is -0.334 e. The molecule has 0 radical (unpaired) electrons. The van der Waals surface area contributed by atoms with Crippen molar-refractivity contribution >= 4 is 27.7 Å². The van der Waals surface area contributed by atoms with Gasteiger partial charge >= 0.3 is 6.03 Å². The lowest BCUT2D eigenvalue weighted by Gasteiger charge is -2.30. The van der Waals surface area contributed by atoms with E-state index in [0.29, 0.717) is 17.7 Å². The van der Waals surface area contributed by atoms with Gasteiger partial charge in [0.15, 0.2) is 9.84 Å². The lowest BCUT2D eigenvalue weighted by molar-refractivity contribution is -0.140. The van der Waals surface area contributed by atoms with Gasteiger partial charge in [-0.25, -0.2) is 17.9 Å². The molecule has 4 amide bonds. The molecule has 13 heteroatoms. The number of hydrogen-bond acceptors (Lipinski definition) is 8. The van der Waals surface area contributed by atoms with Gasteiger partial charge in [-0.2, -0.15) is 0 Å². The smallest absolute Gasteiger partial charge is 0.325 e. The summed E-state index contributed by atoms with van der Waals surface area (Å²) in [6.45, 7) is 1.15. The molecule has 3 heterocycles. The zero-order chi connectivity index (χ0) is 23.4. The van der Waals surface area contributed by atoms with Crippen LogP contribution >= 0.6 is 0 Å². The molecule has 12 nitrogen and oxygen atoms in total. The Morgan fingerprint density at radius 3 is 2.67 bits per heavy atom. The molecule has 174 valence electrons. The Morgan fingerprint density at radius 2 is 2.03 bits per heavy atom. The van der Waals surface area contributed by atoms with Gasteiger partial charge in [0.1, 0.15) is 18.4 Å². The van der Waals surface area contributed by atoms with Crippen molar-refractivity contribution in [2.75, 3.05) is 18.1 Å². The Hall–Kier alpha value is -3.35. The predicted octanol–water partition coefficient (Wildman–Crippen LogP) is -0.393. The van der Waals surface area contributed by atoms with Crippen LogP contribution in [-0.2, 0) is 25.0 Å². The van der Waals surface area contributed by atoms with Gasteiger partial charge in [0.2, 0.25) is 5.91 Å². The molecule has 0 bridgehead atoms.